The number of sulfone groups is 1. The first-order chi connectivity index (χ1) is 32.0. The number of hydrogen-bond acceptors (Lipinski definition) is 16. The molecule has 0 bridgehead atoms. The summed E-state index contributed by atoms with van der Waals surface area (Å²) in [6.07, 6.45) is -2.42. The van der Waals surface area contributed by atoms with Crippen molar-refractivity contribution in [2.45, 2.75) is 157 Å². The number of carbonyl (C=O) groups excluding carboxylic acids is 2. The van der Waals surface area contributed by atoms with Crippen molar-refractivity contribution >= 4 is 41.6 Å². The molecule has 0 spiro atoms. The highest BCUT2D eigenvalue weighted by Crippen LogP contribution is 2.38. The van der Waals surface area contributed by atoms with Crippen LogP contribution < -0.4 is 4.18 Å². The van der Waals surface area contributed by atoms with Crippen LogP contribution in [-0.2, 0) is 39.0 Å². The zero-order valence-electron chi connectivity index (χ0n) is 40.7. The van der Waals surface area contributed by atoms with E-state index in [2.05, 4.69) is 4.18 Å². The van der Waals surface area contributed by atoms with Gasteiger partial charge in [0.25, 0.3) is 10.1 Å². The average molecular weight is 1070 g/mol. The van der Waals surface area contributed by atoms with Gasteiger partial charge in [-0.05, 0) is 163 Å². The topological polar surface area (TPSA) is 265 Å². The van der Waals surface area contributed by atoms with E-state index in [4.69, 9.17) is 14.0 Å². The van der Waals surface area contributed by atoms with Gasteiger partial charge in [0.15, 0.2) is 21.4 Å². The molecule has 16 nitrogen and oxygen atoms in total. The normalized spacial score (nSPS) is 21.4. The van der Waals surface area contributed by atoms with Gasteiger partial charge in [0.05, 0.1) is 47.6 Å². The van der Waals surface area contributed by atoms with E-state index in [9.17, 15) is 55.3 Å². The van der Waals surface area contributed by atoms with E-state index in [1.54, 1.807) is 56.3 Å². The van der Waals surface area contributed by atoms with Crippen LogP contribution in [-0.4, -0.2) is 129 Å². The SMILES string of the molecule is C.C.C.CC1OC(CO)C(O)C(O)C1O.Cc1cc2c(c(C)c1C)C(=O)c1c(C)c(C)c(C)c(C)c1C2=O.Cc1cccc(S(=O)(=O)CCOS(C)(=O)=O)c1.O=S(=O)(Oc1ccccc1)C1CCC(O)CC1. The number of rotatable bonds is 9. The Kier molecular flexibility index (Phi) is 24.8. The van der Waals surface area contributed by atoms with Crippen LogP contribution in [0.1, 0.15) is 131 Å². The van der Waals surface area contributed by atoms with Gasteiger partial charge in [-0.2, -0.15) is 16.8 Å². The van der Waals surface area contributed by atoms with E-state index in [1.807, 2.05) is 54.5 Å². The fourth-order valence-corrected chi connectivity index (χ4v) is 11.3. The van der Waals surface area contributed by atoms with Crippen LogP contribution in [0.3, 0.4) is 0 Å². The maximum atomic E-state index is 13.2. The summed E-state index contributed by atoms with van der Waals surface area (Å²) in [6.45, 7) is 16.5. The van der Waals surface area contributed by atoms with Gasteiger partial charge in [0.2, 0.25) is 0 Å². The third kappa shape index (κ3) is 16.0. The number of benzene rings is 4. The van der Waals surface area contributed by atoms with Crippen molar-refractivity contribution in [1.82, 2.24) is 0 Å². The number of ketones is 2. The van der Waals surface area contributed by atoms with Crippen LogP contribution in [0.4, 0.5) is 0 Å². The van der Waals surface area contributed by atoms with Crippen LogP contribution >= 0.6 is 0 Å². The summed E-state index contributed by atoms with van der Waals surface area (Å²) in [4.78, 5) is 26.6. The van der Waals surface area contributed by atoms with Crippen LogP contribution in [0.25, 0.3) is 0 Å². The molecule has 0 amide bonds. The molecule has 1 heterocycles. The molecule has 7 rings (SSSR count). The van der Waals surface area contributed by atoms with Crippen molar-refractivity contribution in [2.75, 3.05) is 25.2 Å². The number of fused-ring (bicyclic) bond motifs is 2. The molecule has 4 aromatic carbocycles. The molecular weight excluding hydrogens is 989 g/mol. The van der Waals surface area contributed by atoms with Gasteiger partial charge in [-0.3, -0.25) is 13.8 Å². The number of aliphatic hydroxyl groups excluding tert-OH is 5. The van der Waals surface area contributed by atoms with Gasteiger partial charge < -0.3 is 34.5 Å². The lowest BCUT2D eigenvalue weighted by Gasteiger charge is -2.38. The summed E-state index contributed by atoms with van der Waals surface area (Å²) in [6, 6.07) is 16.8. The Balaban J connectivity index is 0.000000485. The largest absolute Gasteiger partial charge is 0.394 e. The fraction of sp³-hybridized carbons (Fsp3) is 0.509. The van der Waals surface area contributed by atoms with Gasteiger partial charge >= 0.3 is 10.1 Å². The summed E-state index contributed by atoms with van der Waals surface area (Å²) in [5, 5.41) is 45.2. The highest BCUT2D eigenvalue weighted by atomic mass is 32.2. The molecule has 0 aromatic heterocycles. The smallest absolute Gasteiger partial charge is 0.312 e. The first-order valence-corrected chi connectivity index (χ1v) is 27.4. The second-order valence-corrected chi connectivity index (χ2v) is 23.4. The molecule has 19 heteroatoms. The minimum Gasteiger partial charge on any atom is -0.394 e. The van der Waals surface area contributed by atoms with Crippen molar-refractivity contribution in [3.63, 3.8) is 0 Å². The number of carbonyl (C=O) groups is 2. The van der Waals surface area contributed by atoms with Crippen LogP contribution in [0.2, 0.25) is 0 Å². The molecule has 2 aliphatic carbocycles. The number of para-hydroxylation sites is 1. The van der Waals surface area contributed by atoms with Crippen LogP contribution in [0.5, 0.6) is 5.75 Å². The zero-order valence-corrected chi connectivity index (χ0v) is 43.2. The standard InChI is InChI=1S/C21H22O2.C12H16O4S.C10H14O5S2.C7H14O5.3CH4/c1-9-8-16-17(13(5)10(9)2)21(23)19-15(7)12(4)11(3)14(6)18(19)20(16)22;13-10-6-8-12(9-7-10)17(14,15)16-11-4-2-1-3-5-11;1-9-4-3-5-10(8-9)17(13,14)7-6-15-16(2,11)12;1-3-5(9)7(11)6(10)4(2-8)12-3;;;/h8H,1-7H3;1-5,10,12-13H,6-9H2;3-5,8H,6-7H2,1-2H3;3-11H,2H2,1H3;3*1H4. The Labute approximate surface area is 428 Å². The molecule has 1 saturated heterocycles. The maximum Gasteiger partial charge on any atom is 0.312 e. The zero-order chi connectivity index (χ0) is 51.9. The number of hydrogen-bond donors (Lipinski definition) is 5. The van der Waals surface area contributed by atoms with Gasteiger partial charge in [-0.25, -0.2) is 8.42 Å². The predicted octanol–water partition coefficient (Wildman–Crippen LogP) is 6.82. The van der Waals surface area contributed by atoms with E-state index in [1.165, 1.54) is 12.1 Å². The first-order valence-electron chi connectivity index (χ1n) is 22.5. The van der Waals surface area contributed by atoms with Crippen molar-refractivity contribution in [1.29, 1.82) is 0 Å². The lowest BCUT2D eigenvalue weighted by atomic mass is 9.75. The highest BCUT2D eigenvalue weighted by molar-refractivity contribution is 7.91. The lowest BCUT2D eigenvalue weighted by molar-refractivity contribution is -0.224. The molecule has 5 unspecified atom stereocenters. The second kappa shape index (κ2) is 27.2. The van der Waals surface area contributed by atoms with Crippen molar-refractivity contribution in [3.05, 3.63) is 127 Å². The Hall–Kier alpha value is -4.41. The minimum absolute atomic E-state index is 0. The number of ether oxygens (including phenoxy) is 1. The van der Waals surface area contributed by atoms with Crippen molar-refractivity contribution in [3.8, 4) is 5.75 Å². The molecule has 3 aliphatic rings. The number of aliphatic hydroxyl groups is 5. The monoisotopic (exact) mass is 1070 g/mol. The first kappa shape index (κ1) is 65.6. The van der Waals surface area contributed by atoms with Gasteiger partial charge in [0, 0.05) is 22.3 Å². The lowest BCUT2D eigenvalue weighted by Crippen LogP contribution is -2.57. The quantitative estimate of drug-likeness (QED) is 0.0948. The average Bonchev–Trinajstić information content (AvgIpc) is 3.28. The van der Waals surface area contributed by atoms with Gasteiger partial charge in [0.1, 0.15) is 30.2 Å². The van der Waals surface area contributed by atoms with E-state index in [0.717, 1.165) is 50.8 Å². The van der Waals surface area contributed by atoms with E-state index in [0.29, 0.717) is 53.7 Å². The Morgan fingerprint density at radius 3 is 1.67 bits per heavy atom. The summed E-state index contributed by atoms with van der Waals surface area (Å²) >= 11 is 0. The molecule has 0 radical (unpaired) electrons. The molecule has 404 valence electrons. The molecular formula is C53H78O16S3. The van der Waals surface area contributed by atoms with Crippen molar-refractivity contribution in [2.24, 2.45) is 0 Å². The Morgan fingerprint density at radius 2 is 1.15 bits per heavy atom. The Bertz CT molecular complexity index is 2810. The fourth-order valence-electron chi connectivity index (χ4n) is 8.21. The second-order valence-electron chi connectivity index (χ2n) is 17.8. The summed E-state index contributed by atoms with van der Waals surface area (Å²) in [5.74, 6) is -0.0224. The van der Waals surface area contributed by atoms with E-state index in [-0.39, 0.29) is 63.8 Å². The molecule has 2 fully saturated rings. The molecule has 5 N–H and O–H groups in total. The third-order valence-electron chi connectivity index (χ3n) is 12.9. The Morgan fingerprint density at radius 1 is 0.625 bits per heavy atom. The van der Waals surface area contributed by atoms with E-state index >= 15 is 0 Å². The predicted molar refractivity (Wildman–Crippen MR) is 281 cm³/mol. The van der Waals surface area contributed by atoms with Gasteiger partial charge in [-0.15, -0.1) is 0 Å². The van der Waals surface area contributed by atoms with Crippen LogP contribution in [0.15, 0.2) is 65.6 Å². The van der Waals surface area contributed by atoms with Crippen molar-refractivity contribution < 1.29 is 73.5 Å². The summed E-state index contributed by atoms with van der Waals surface area (Å²) < 4.78 is 83.4. The molecule has 5 atom stereocenters. The maximum absolute atomic E-state index is 13.2. The summed E-state index contributed by atoms with van der Waals surface area (Å²) in [5.41, 5.74) is 10.3. The molecule has 4 aromatic rings. The summed E-state index contributed by atoms with van der Waals surface area (Å²) in [7, 11) is -10.7. The van der Waals surface area contributed by atoms with Crippen LogP contribution in [0, 0.1) is 55.4 Å². The molecule has 1 saturated carbocycles. The molecule has 72 heavy (non-hydrogen) atoms. The highest BCUT2D eigenvalue weighted by Gasteiger charge is 2.41. The molecule has 1 aliphatic heterocycles. The number of aryl methyl sites for hydroxylation is 2. The van der Waals surface area contributed by atoms with E-state index < -0.39 is 65.8 Å². The third-order valence-corrected chi connectivity index (χ3v) is 16.9. The minimum atomic E-state index is -3.60. The van der Waals surface area contributed by atoms with Gasteiger partial charge in [-0.1, -0.05) is 52.6 Å².